The summed E-state index contributed by atoms with van der Waals surface area (Å²) >= 11 is 5.30. The molecule has 0 aliphatic heterocycles. The molecule has 1 fully saturated rings. The van der Waals surface area contributed by atoms with E-state index in [1.807, 2.05) is 18.0 Å². The van der Waals surface area contributed by atoms with Crippen molar-refractivity contribution in [1.82, 2.24) is 10.3 Å². The summed E-state index contributed by atoms with van der Waals surface area (Å²) in [5.74, 6) is 0. The van der Waals surface area contributed by atoms with Crippen LogP contribution in [0.2, 0.25) is 0 Å². The first-order valence-corrected chi connectivity index (χ1v) is 6.92. The number of pyridine rings is 1. The Morgan fingerprint density at radius 1 is 1.47 bits per heavy atom. The van der Waals surface area contributed by atoms with Crippen molar-refractivity contribution in [2.45, 2.75) is 35.6 Å². The van der Waals surface area contributed by atoms with Gasteiger partial charge < -0.3 is 5.32 Å². The summed E-state index contributed by atoms with van der Waals surface area (Å²) in [5, 5.41) is 5.20. The van der Waals surface area contributed by atoms with Crippen molar-refractivity contribution in [1.29, 1.82) is 0 Å². The normalized spacial score (nSPS) is 25.7. The van der Waals surface area contributed by atoms with Gasteiger partial charge in [0.15, 0.2) is 0 Å². The van der Waals surface area contributed by atoms with Crippen molar-refractivity contribution in [2.75, 3.05) is 7.05 Å². The molecule has 2 atom stereocenters. The fraction of sp³-hybridized carbons (Fsp3) is 0.545. The highest BCUT2D eigenvalue weighted by molar-refractivity contribution is 9.10. The summed E-state index contributed by atoms with van der Waals surface area (Å²) < 4.78 is 1.04. The number of nitrogens with zero attached hydrogens (tertiary/aromatic N) is 1. The largest absolute Gasteiger partial charge is 0.316 e. The van der Waals surface area contributed by atoms with Crippen molar-refractivity contribution in [3.63, 3.8) is 0 Å². The zero-order valence-electron chi connectivity index (χ0n) is 8.74. The maximum atomic E-state index is 4.40. The van der Waals surface area contributed by atoms with E-state index in [0.29, 0.717) is 11.3 Å². The SMILES string of the molecule is CNC1CCCC1Sc1ccc(Br)cn1. The number of aromatic nitrogens is 1. The van der Waals surface area contributed by atoms with Crippen LogP contribution in [0.25, 0.3) is 0 Å². The van der Waals surface area contributed by atoms with E-state index in [0.717, 1.165) is 9.50 Å². The van der Waals surface area contributed by atoms with Gasteiger partial charge in [0.05, 0.1) is 5.03 Å². The standard InChI is InChI=1S/C11H15BrN2S/c1-13-9-3-2-4-10(9)15-11-6-5-8(12)7-14-11/h5-7,9-10,13H,2-4H2,1H3. The number of rotatable bonds is 3. The minimum absolute atomic E-state index is 0.653. The predicted octanol–water partition coefficient (Wildman–Crippen LogP) is 3.08. The lowest BCUT2D eigenvalue weighted by atomic mass is 10.2. The first kappa shape index (κ1) is 11.4. The highest BCUT2D eigenvalue weighted by Gasteiger charge is 2.26. The zero-order valence-corrected chi connectivity index (χ0v) is 11.1. The van der Waals surface area contributed by atoms with E-state index in [1.54, 1.807) is 0 Å². The third-order valence-electron chi connectivity index (χ3n) is 2.80. The molecule has 1 heterocycles. The lowest BCUT2D eigenvalue weighted by Crippen LogP contribution is -2.30. The summed E-state index contributed by atoms with van der Waals surface area (Å²) in [6, 6.07) is 4.79. The number of halogens is 1. The molecule has 1 aliphatic rings. The predicted molar refractivity (Wildman–Crippen MR) is 68.3 cm³/mol. The Balaban J connectivity index is 1.99. The van der Waals surface area contributed by atoms with Gasteiger partial charge in [-0.1, -0.05) is 6.42 Å². The van der Waals surface area contributed by atoms with Gasteiger partial charge in [-0.25, -0.2) is 4.98 Å². The molecule has 0 spiro atoms. The average Bonchev–Trinajstić information content (AvgIpc) is 2.69. The van der Waals surface area contributed by atoms with E-state index in [2.05, 4.69) is 45.4 Å². The first-order chi connectivity index (χ1) is 7.29. The molecule has 1 N–H and O–H groups in total. The van der Waals surface area contributed by atoms with Gasteiger partial charge in [0.25, 0.3) is 0 Å². The summed E-state index contributed by atoms with van der Waals surface area (Å²) in [6.45, 7) is 0. The number of nitrogens with one attached hydrogen (secondary N) is 1. The van der Waals surface area contributed by atoms with Crippen LogP contribution in [0.3, 0.4) is 0 Å². The third-order valence-corrected chi connectivity index (χ3v) is 4.61. The van der Waals surface area contributed by atoms with Gasteiger partial charge in [-0.15, -0.1) is 11.8 Å². The van der Waals surface area contributed by atoms with E-state index in [9.17, 15) is 0 Å². The molecule has 0 bridgehead atoms. The van der Waals surface area contributed by atoms with Crippen LogP contribution in [-0.4, -0.2) is 23.3 Å². The van der Waals surface area contributed by atoms with Gasteiger partial charge in [0, 0.05) is 22.0 Å². The Kier molecular flexibility index (Phi) is 4.05. The summed E-state index contributed by atoms with van der Waals surface area (Å²) in [7, 11) is 2.05. The van der Waals surface area contributed by atoms with Crippen molar-refractivity contribution in [3.05, 3.63) is 22.8 Å². The zero-order chi connectivity index (χ0) is 10.7. The molecule has 1 aliphatic carbocycles. The van der Waals surface area contributed by atoms with Gasteiger partial charge >= 0.3 is 0 Å². The second-order valence-corrected chi connectivity index (χ2v) is 5.97. The van der Waals surface area contributed by atoms with E-state index in [-0.39, 0.29) is 0 Å². The molecule has 0 saturated heterocycles. The van der Waals surface area contributed by atoms with Crippen LogP contribution < -0.4 is 5.32 Å². The van der Waals surface area contributed by atoms with Gasteiger partial charge in [-0.2, -0.15) is 0 Å². The first-order valence-electron chi connectivity index (χ1n) is 5.25. The minimum atomic E-state index is 0.653. The molecule has 1 saturated carbocycles. The quantitative estimate of drug-likeness (QED) is 0.924. The van der Waals surface area contributed by atoms with Crippen LogP contribution in [0.15, 0.2) is 27.8 Å². The number of hydrogen-bond acceptors (Lipinski definition) is 3. The van der Waals surface area contributed by atoms with E-state index >= 15 is 0 Å². The molecule has 82 valence electrons. The topological polar surface area (TPSA) is 24.9 Å². The lowest BCUT2D eigenvalue weighted by Gasteiger charge is -2.17. The van der Waals surface area contributed by atoms with Gasteiger partial charge in [-0.3, -0.25) is 0 Å². The Labute approximate surface area is 103 Å². The summed E-state index contributed by atoms with van der Waals surface area (Å²) in [5.41, 5.74) is 0. The Bertz CT molecular complexity index is 315. The van der Waals surface area contributed by atoms with Crippen LogP contribution in [0, 0.1) is 0 Å². The van der Waals surface area contributed by atoms with Crippen molar-refractivity contribution in [2.24, 2.45) is 0 Å². The fourth-order valence-corrected chi connectivity index (χ4v) is 3.51. The molecule has 15 heavy (non-hydrogen) atoms. The number of hydrogen-bond donors (Lipinski definition) is 1. The van der Waals surface area contributed by atoms with Crippen LogP contribution in [0.5, 0.6) is 0 Å². The van der Waals surface area contributed by atoms with Gasteiger partial charge in [-0.05, 0) is 48.0 Å². The second-order valence-electron chi connectivity index (χ2n) is 3.80. The Hall–Kier alpha value is -0.0600. The van der Waals surface area contributed by atoms with Crippen LogP contribution in [0.1, 0.15) is 19.3 Å². The van der Waals surface area contributed by atoms with Crippen molar-refractivity contribution in [3.8, 4) is 0 Å². The minimum Gasteiger partial charge on any atom is -0.316 e. The van der Waals surface area contributed by atoms with Crippen molar-refractivity contribution >= 4 is 27.7 Å². The molecule has 2 rings (SSSR count). The molecular formula is C11H15BrN2S. The molecular weight excluding hydrogens is 272 g/mol. The lowest BCUT2D eigenvalue weighted by molar-refractivity contribution is 0.591. The maximum Gasteiger partial charge on any atom is 0.0963 e. The smallest absolute Gasteiger partial charge is 0.0963 e. The van der Waals surface area contributed by atoms with E-state index in [4.69, 9.17) is 0 Å². The third kappa shape index (κ3) is 2.95. The van der Waals surface area contributed by atoms with E-state index < -0.39 is 0 Å². The Morgan fingerprint density at radius 3 is 3.00 bits per heavy atom. The van der Waals surface area contributed by atoms with E-state index in [1.165, 1.54) is 19.3 Å². The highest BCUT2D eigenvalue weighted by Crippen LogP contribution is 2.34. The molecule has 1 aromatic rings. The van der Waals surface area contributed by atoms with Gasteiger partial charge in [0.2, 0.25) is 0 Å². The average molecular weight is 287 g/mol. The highest BCUT2D eigenvalue weighted by atomic mass is 79.9. The summed E-state index contributed by atoms with van der Waals surface area (Å²) in [6.07, 6.45) is 5.80. The molecule has 2 unspecified atom stereocenters. The maximum absolute atomic E-state index is 4.40. The fourth-order valence-electron chi connectivity index (χ4n) is 1.98. The molecule has 0 radical (unpaired) electrons. The monoisotopic (exact) mass is 286 g/mol. The van der Waals surface area contributed by atoms with Crippen LogP contribution >= 0.6 is 27.7 Å². The van der Waals surface area contributed by atoms with Crippen LogP contribution in [0.4, 0.5) is 0 Å². The molecule has 0 amide bonds. The summed E-state index contributed by atoms with van der Waals surface area (Å²) in [4.78, 5) is 4.40. The van der Waals surface area contributed by atoms with Crippen LogP contribution in [-0.2, 0) is 0 Å². The van der Waals surface area contributed by atoms with Gasteiger partial charge in [0.1, 0.15) is 0 Å². The molecule has 4 heteroatoms. The molecule has 0 aromatic carbocycles. The molecule has 2 nitrogen and oxygen atoms in total. The second kappa shape index (κ2) is 5.32. The molecule has 1 aromatic heterocycles. The van der Waals surface area contributed by atoms with Crippen molar-refractivity contribution < 1.29 is 0 Å². The number of thioether (sulfide) groups is 1. The Morgan fingerprint density at radius 2 is 2.33 bits per heavy atom.